The molecule has 7 nitrogen and oxygen atoms in total. The Morgan fingerprint density at radius 3 is 2.39 bits per heavy atom. The predicted octanol–water partition coefficient (Wildman–Crippen LogP) is 3.37. The molecule has 8 heteroatoms. The van der Waals surface area contributed by atoms with Crippen LogP contribution in [0.25, 0.3) is 0 Å². The quantitative estimate of drug-likeness (QED) is 0.672. The summed E-state index contributed by atoms with van der Waals surface area (Å²) < 4.78 is 38.0. The Hall–Kier alpha value is -2.58. The summed E-state index contributed by atoms with van der Waals surface area (Å²) in [6.07, 6.45) is 1.31. The van der Waals surface area contributed by atoms with Gasteiger partial charge in [-0.05, 0) is 68.7 Å². The third-order valence-electron chi connectivity index (χ3n) is 5.50. The van der Waals surface area contributed by atoms with Crippen molar-refractivity contribution in [2.24, 2.45) is 5.92 Å². The summed E-state index contributed by atoms with van der Waals surface area (Å²) in [6, 6.07) is 13.7. The van der Waals surface area contributed by atoms with Crippen LogP contribution in [0.3, 0.4) is 0 Å². The van der Waals surface area contributed by atoms with Gasteiger partial charge in [0, 0.05) is 13.1 Å². The van der Waals surface area contributed by atoms with Gasteiger partial charge in [0.15, 0.2) is 0 Å². The van der Waals surface area contributed by atoms with Gasteiger partial charge in [0.1, 0.15) is 11.5 Å². The molecule has 0 radical (unpaired) electrons. The molecule has 0 unspecified atom stereocenters. The van der Waals surface area contributed by atoms with Crippen LogP contribution in [0.2, 0.25) is 0 Å². The van der Waals surface area contributed by atoms with Crippen molar-refractivity contribution in [3.05, 3.63) is 54.1 Å². The largest absolute Gasteiger partial charge is 0.497 e. The summed E-state index contributed by atoms with van der Waals surface area (Å²) >= 11 is 0. The summed E-state index contributed by atoms with van der Waals surface area (Å²) in [5.41, 5.74) is 0.968. The molecular formula is C23H30N2O5S. The van der Waals surface area contributed by atoms with Crippen molar-refractivity contribution in [3.63, 3.8) is 0 Å². The lowest BCUT2D eigenvalue weighted by Gasteiger charge is -2.32. The molecule has 3 rings (SSSR count). The second kappa shape index (κ2) is 10.2. The van der Waals surface area contributed by atoms with Crippen molar-refractivity contribution in [2.75, 3.05) is 26.8 Å². The van der Waals surface area contributed by atoms with E-state index >= 15 is 0 Å². The number of benzene rings is 2. The van der Waals surface area contributed by atoms with Crippen molar-refractivity contribution >= 4 is 15.9 Å². The van der Waals surface area contributed by atoms with Crippen LogP contribution in [0.1, 0.15) is 38.3 Å². The van der Waals surface area contributed by atoms with Gasteiger partial charge < -0.3 is 14.8 Å². The summed E-state index contributed by atoms with van der Waals surface area (Å²) in [4.78, 5) is 13.1. The third-order valence-corrected chi connectivity index (χ3v) is 7.38. The maximum absolute atomic E-state index is 13.0. The summed E-state index contributed by atoms with van der Waals surface area (Å²) in [5, 5.41) is 3.03. The van der Waals surface area contributed by atoms with Gasteiger partial charge in [0.2, 0.25) is 15.9 Å². The third kappa shape index (κ3) is 5.57. The number of sulfonamides is 1. The van der Waals surface area contributed by atoms with E-state index in [4.69, 9.17) is 9.47 Å². The van der Waals surface area contributed by atoms with E-state index in [1.54, 1.807) is 12.1 Å². The van der Waals surface area contributed by atoms with E-state index in [1.165, 1.54) is 23.5 Å². The zero-order chi connectivity index (χ0) is 22.4. The lowest BCUT2D eigenvalue weighted by molar-refractivity contribution is -0.126. The molecule has 0 spiro atoms. The summed E-state index contributed by atoms with van der Waals surface area (Å²) in [7, 11) is -2.13. The molecule has 1 aliphatic rings. The standard InChI is InChI=1S/C23H30N2O5S/c1-4-30-21-9-7-18(8-10-21)17(2)24-23(26)19-6-5-15-25(16-19)31(27,28)22-13-11-20(29-3)12-14-22/h7-14,17,19H,4-6,15-16H2,1-3H3,(H,24,26)/t17-,19+/m1/s1. The first-order chi connectivity index (χ1) is 14.8. The molecule has 2 aromatic rings. The highest BCUT2D eigenvalue weighted by Gasteiger charge is 2.33. The molecule has 1 fully saturated rings. The van der Waals surface area contributed by atoms with E-state index < -0.39 is 10.0 Å². The Balaban J connectivity index is 1.64. The van der Waals surface area contributed by atoms with E-state index in [2.05, 4.69) is 5.32 Å². The average molecular weight is 447 g/mol. The maximum atomic E-state index is 13.0. The molecule has 168 valence electrons. The zero-order valence-corrected chi connectivity index (χ0v) is 19.0. The molecule has 1 heterocycles. The van der Waals surface area contributed by atoms with E-state index in [9.17, 15) is 13.2 Å². The molecular weight excluding hydrogens is 416 g/mol. The lowest BCUT2D eigenvalue weighted by Crippen LogP contribution is -2.45. The Bertz CT molecular complexity index is 974. The van der Waals surface area contributed by atoms with Crippen molar-refractivity contribution < 1.29 is 22.7 Å². The molecule has 1 aliphatic heterocycles. The average Bonchev–Trinajstić information content (AvgIpc) is 2.79. The second-order valence-electron chi connectivity index (χ2n) is 7.61. The highest BCUT2D eigenvalue weighted by molar-refractivity contribution is 7.89. The summed E-state index contributed by atoms with van der Waals surface area (Å²) in [6.45, 7) is 5.04. The number of rotatable bonds is 8. The molecule has 1 N–H and O–H groups in total. The summed E-state index contributed by atoms with van der Waals surface area (Å²) in [5.74, 6) is 0.873. The highest BCUT2D eigenvalue weighted by Crippen LogP contribution is 2.26. The van der Waals surface area contributed by atoms with Crippen molar-refractivity contribution in [1.82, 2.24) is 9.62 Å². The number of ether oxygens (including phenoxy) is 2. The molecule has 0 bridgehead atoms. The normalized spacial score (nSPS) is 18.2. The fraction of sp³-hybridized carbons (Fsp3) is 0.435. The number of piperidine rings is 1. The van der Waals surface area contributed by atoms with Crippen molar-refractivity contribution in [3.8, 4) is 11.5 Å². The molecule has 31 heavy (non-hydrogen) atoms. The van der Waals surface area contributed by atoms with Crippen LogP contribution in [-0.4, -0.2) is 45.4 Å². The zero-order valence-electron chi connectivity index (χ0n) is 18.2. The Morgan fingerprint density at radius 1 is 1.13 bits per heavy atom. The SMILES string of the molecule is CCOc1ccc([C@@H](C)NC(=O)[C@H]2CCCN(S(=O)(=O)c3ccc(OC)cc3)C2)cc1. The lowest BCUT2D eigenvalue weighted by atomic mass is 9.98. The Morgan fingerprint density at radius 2 is 1.77 bits per heavy atom. The number of hydrogen-bond donors (Lipinski definition) is 1. The van der Waals surface area contributed by atoms with Crippen LogP contribution in [0, 0.1) is 5.92 Å². The predicted molar refractivity (Wildman–Crippen MR) is 119 cm³/mol. The molecule has 0 saturated carbocycles. The van der Waals surface area contributed by atoms with Crippen LogP contribution in [0.15, 0.2) is 53.4 Å². The van der Waals surface area contributed by atoms with Gasteiger partial charge in [-0.2, -0.15) is 4.31 Å². The van der Waals surface area contributed by atoms with E-state index in [0.717, 1.165) is 11.3 Å². The maximum Gasteiger partial charge on any atom is 0.243 e. The van der Waals surface area contributed by atoms with Gasteiger partial charge in [-0.3, -0.25) is 4.79 Å². The van der Waals surface area contributed by atoms with Gasteiger partial charge >= 0.3 is 0 Å². The fourth-order valence-electron chi connectivity index (χ4n) is 3.71. The van der Waals surface area contributed by atoms with Crippen LogP contribution >= 0.6 is 0 Å². The first-order valence-corrected chi connectivity index (χ1v) is 12.0. The second-order valence-corrected chi connectivity index (χ2v) is 9.55. The highest BCUT2D eigenvalue weighted by atomic mass is 32.2. The van der Waals surface area contributed by atoms with Crippen LogP contribution in [-0.2, 0) is 14.8 Å². The minimum absolute atomic E-state index is 0.129. The van der Waals surface area contributed by atoms with Gasteiger partial charge in [-0.15, -0.1) is 0 Å². The molecule has 0 aromatic heterocycles. The van der Waals surface area contributed by atoms with Gasteiger partial charge in [-0.1, -0.05) is 12.1 Å². The number of nitrogens with one attached hydrogen (secondary N) is 1. The smallest absolute Gasteiger partial charge is 0.243 e. The molecule has 1 amide bonds. The number of hydrogen-bond acceptors (Lipinski definition) is 5. The van der Waals surface area contributed by atoms with Crippen molar-refractivity contribution in [2.45, 2.75) is 37.6 Å². The monoisotopic (exact) mass is 446 g/mol. The number of amides is 1. The van der Waals surface area contributed by atoms with E-state index in [0.29, 0.717) is 31.7 Å². The molecule has 1 saturated heterocycles. The van der Waals surface area contributed by atoms with E-state index in [1.807, 2.05) is 38.1 Å². The van der Waals surface area contributed by atoms with Gasteiger partial charge in [0.05, 0.1) is 30.6 Å². The van der Waals surface area contributed by atoms with Gasteiger partial charge in [-0.25, -0.2) is 8.42 Å². The van der Waals surface area contributed by atoms with Crippen molar-refractivity contribution in [1.29, 1.82) is 0 Å². The minimum Gasteiger partial charge on any atom is -0.497 e. The Labute approximate surface area is 184 Å². The minimum atomic E-state index is -3.66. The topological polar surface area (TPSA) is 84.9 Å². The number of carbonyl (C=O) groups is 1. The fourth-order valence-corrected chi connectivity index (χ4v) is 5.23. The Kier molecular flexibility index (Phi) is 7.56. The van der Waals surface area contributed by atoms with Crippen LogP contribution in [0.5, 0.6) is 11.5 Å². The molecule has 2 aromatic carbocycles. The van der Waals surface area contributed by atoms with Gasteiger partial charge in [0.25, 0.3) is 0 Å². The molecule has 2 atom stereocenters. The van der Waals surface area contributed by atoms with E-state index in [-0.39, 0.29) is 29.3 Å². The first kappa shape index (κ1) is 23.1. The van der Waals surface area contributed by atoms with Crippen LogP contribution < -0.4 is 14.8 Å². The molecule has 0 aliphatic carbocycles. The van der Waals surface area contributed by atoms with Crippen LogP contribution in [0.4, 0.5) is 0 Å². The first-order valence-electron chi connectivity index (χ1n) is 10.5. The number of carbonyl (C=O) groups excluding carboxylic acids is 1. The number of methoxy groups -OCH3 is 1. The number of nitrogens with zero attached hydrogens (tertiary/aromatic N) is 1.